The molecule has 0 rings (SSSR count). The maximum atomic E-state index is 2.63. The molecule has 0 fully saturated rings. The lowest BCUT2D eigenvalue weighted by atomic mass is 10.2. The van der Waals surface area contributed by atoms with Gasteiger partial charge >= 0.3 is 0 Å². The molecule has 0 amide bonds. The summed E-state index contributed by atoms with van der Waals surface area (Å²) in [6.07, 6.45) is 0. The molecule has 146 valence electrons. The topological polar surface area (TPSA) is 0 Å². The van der Waals surface area contributed by atoms with E-state index in [-0.39, 0.29) is 7.16 Å². The molecule has 0 N–H and O–H groups in total. The van der Waals surface area contributed by atoms with Gasteiger partial charge in [-0.3, -0.25) is 0 Å². The van der Waals surface area contributed by atoms with Crippen LogP contribution in [0.1, 0.15) is 62.3 Å². The minimum absolute atomic E-state index is 0.0705. The van der Waals surface area contributed by atoms with Crippen LogP contribution in [0.3, 0.4) is 0 Å². The number of hydrogen-bond donors (Lipinski definition) is 0. The summed E-state index contributed by atoms with van der Waals surface area (Å²) in [5.41, 5.74) is 0. The van der Waals surface area contributed by atoms with Crippen LogP contribution < -0.4 is 0 Å². The Kier molecular flexibility index (Phi) is 8.05. The minimum Gasteiger partial charge on any atom is -0.0836 e. The van der Waals surface area contributed by atoms with Crippen molar-refractivity contribution in [1.29, 1.82) is 0 Å². The molecule has 0 aliphatic rings. The first kappa shape index (κ1) is 25.6. The van der Waals surface area contributed by atoms with E-state index in [0.29, 0.717) is 15.5 Å². The van der Waals surface area contributed by atoms with E-state index in [2.05, 4.69) is 102 Å². The zero-order valence-electron chi connectivity index (χ0n) is 19.5. The molecule has 0 aliphatic heterocycles. The molecule has 0 saturated carbocycles. The Labute approximate surface area is 159 Å². The Balaban J connectivity index is 6.92. The third kappa shape index (κ3) is 6.64. The molecule has 0 aliphatic carbocycles. The molecule has 0 bridgehead atoms. The zero-order valence-corrected chi connectivity index (χ0v) is 24.2. The van der Waals surface area contributed by atoms with E-state index in [4.69, 9.17) is 0 Å². The molecular weight excluding hydrogens is 377 g/mol. The molecule has 1 unspecified atom stereocenters. The standard InChI is InChI=1S/C19H47P3Si2/c1-17(2,3)21(24(13,14)15)20-22(18(4,5)6,19(7,8)9)16-23(10,11)12/h16H2,1-15H3. The van der Waals surface area contributed by atoms with Crippen LogP contribution >= 0.6 is 21.3 Å². The van der Waals surface area contributed by atoms with Crippen molar-refractivity contribution in [2.24, 2.45) is 0 Å². The van der Waals surface area contributed by atoms with Crippen molar-refractivity contribution in [3.8, 4) is 0 Å². The van der Waals surface area contributed by atoms with Crippen molar-refractivity contribution in [3.63, 3.8) is 0 Å². The molecule has 1 atom stereocenters. The van der Waals surface area contributed by atoms with E-state index >= 15 is 0 Å². The molecule has 0 aromatic carbocycles. The fraction of sp³-hybridized carbons (Fsp3) is 1.00. The Morgan fingerprint density at radius 2 is 1.04 bits per heavy atom. The van der Waals surface area contributed by atoms with Gasteiger partial charge in [0, 0.05) is 8.07 Å². The van der Waals surface area contributed by atoms with Crippen LogP contribution in [0.5, 0.6) is 0 Å². The van der Waals surface area contributed by atoms with E-state index in [1.54, 1.807) is 5.79 Å². The van der Waals surface area contributed by atoms with Crippen molar-refractivity contribution in [2.75, 3.05) is 5.79 Å². The maximum Gasteiger partial charge on any atom is 0.0828 e. The van der Waals surface area contributed by atoms with E-state index in [1.165, 1.54) is 0 Å². The summed E-state index contributed by atoms with van der Waals surface area (Å²) in [6.45, 7) is 37.5. The zero-order chi connectivity index (χ0) is 20.0. The summed E-state index contributed by atoms with van der Waals surface area (Å²) in [5, 5.41) is 1.36. The van der Waals surface area contributed by atoms with Crippen LogP contribution in [0.15, 0.2) is 0 Å². The molecule has 0 spiro atoms. The van der Waals surface area contributed by atoms with Gasteiger partial charge < -0.3 is 0 Å². The summed E-state index contributed by atoms with van der Waals surface area (Å²) in [5.74, 6) is 1.55. The highest BCUT2D eigenvalue weighted by Gasteiger charge is 2.47. The van der Waals surface area contributed by atoms with E-state index in [1.807, 2.05) is 7.56 Å². The lowest BCUT2D eigenvalue weighted by molar-refractivity contribution is 0.706. The molecular formula is C19H47P3Si2. The maximum absolute atomic E-state index is 2.63. The molecule has 24 heavy (non-hydrogen) atoms. The second kappa shape index (κ2) is 7.55. The van der Waals surface area contributed by atoms with Crippen LogP contribution in [0.4, 0.5) is 0 Å². The lowest BCUT2D eigenvalue weighted by Crippen LogP contribution is -2.38. The number of rotatable bonds is 4. The van der Waals surface area contributed by atoms with Crippen molar-refractivity contribution in [1.82, 2.24) is 0 Å². The van der Waals surface area contributed by atoms with Crippen molar-refractivity contribution in [3.05, 3.63) is 0 Å². The fourth-order valence-electron chi connectivity index (χ4n) is 3.89. The highest BCUT2D eigenvalue weighted by atomic mass is 32.3. The van der Waals surface area contributed by atoms with Crippen molar-refractivity contribution < 1.29 is 0 Å². The predicted octanol–water partition coefficient (Wildman–Crippen LogP) is 9.37. The van der Waals surface area contributed by atoms with Gasteiger partial charge in [0.05, 0.1) is 7.74 Å². The van der Waals surface area contributed by atoms with Crippen LogP contribution in [0.25, 0.3) is 0 Å². The minimum atomic E-state index is -1.17. The third-order valence-corrected chi connectivity index (χ3v) is 43.6. The van der Waals surface area contributed by atoms with Crippen LogP contribution in [-0.4, -0.2) is 37.1 Å². The highest BCUT2D eigenvalue weighted by molar-refractivity contribution is 8.50. The molecule has 0 saturated heterocycles. The Bertz CT molecular complexity index is 443. The largest absolute Gasteiger partial charge is 0.0836 e. The molecule has 5 heteroatoms. The highest BCUT2D eigenvalue weighted by Crippen LogP contribution is 2.84. The SMILES string of the molecule is CC(C)(C)P(P=P(C[Si](C)(C)C)(C(C)(C)C)C(C)(C)C)[Si](C)(C)C. The van der Waals surface area contributed by atoms with Crippen molar-refractivity contribution in [2.45, 2.75) is 117 Å². The van der Waals surface area contributed by atoms with Gasteiger partial charge in [-0.25, -0.2) is 0 Å². The monoisotopic (exact) mass is 424 g/mol. The average molecular weight is 425 g/mol. The van der Waals surface area contributed by atoms with Gasteiger partial charge in [-0.05, 0) is 21.3 Å². The van der Waals surface area contributed by atoms with Crippen LogP contribution in [0.2, 0.25) is 39.3 Å². The number of hydrogen-bond acceptors (Lipinski definition) is 0. The smallest absolute Gasteiger partial charge is 0.0828 e. The summed E-state index contributed by atoms with van der Waals surface area (Å²) < 4.78 is 0. The van der Waals surface area contributed by atoms with Gasteiger partial charge in [-0.1, -0.05) is 123 Å². The fourth-order valence-corrected chi connectivity index (χ4v) is 58.9. The Morgan fingerprint density at radius 1 is 0.708 bits per heavy atom. The lowest BCUT2D eigenvalue weighted by Gasteiger charge is -2.53. The first-order valence-corrected chi connectivity index (χ1v) is 23.1. The Hall–Kier alpha value is 1.59. The summed E-state index contributed by atoms with van der Waals surface area (Å²) >= 11 is 0. The quantitative estimate of drug-likeness (QED) is 0.311. The second-order valence-electron chi connectivity index (χ2n) is 12.6. The van der Waals surface area contributed by atoms with Crippen LogP contribution in [-0.2, 0) is 0 Å². The second-order valence-corrected chi connectivity index (χ2v) is 41.6. The van der Waals surface area contributed by atoms with Gasteiger partial charge in [-0.15, -0.1) is 0 Å². The van der Waals surface area contributed by atoms with Gasteiger partial charge in [0.2, 0.25) is 0 Å². The first-order chi connectivity index (χ1) is 10.0. The summed E-state index contributed by atoms with van der Waals surface area (Å²) in [7, 11) is -0.327. The van der Waals surface area contributed by atoms with Gasteiger partial charge in [0.1, 0.15) is 0 Å². The van der Waals surface area contributed by atoms with Gasteiger partial charge in [-0.2, -0.15) is 0 Å². The molecule has 0 aromatic heterocycles. The molecule has 0 radical (unpaired) electrons. The van der Waals surface area contributed by atoms with E-state index < -0.39 is 22.4 Å². The molecule has 0 heterocycles. The van der Waals surface area contributed by atoms with Crippen molar-refractivity contribution >= 4 is 37.1 Å². The normalized spacial score (nSPS) is 17.3. The van der Waals surface area contributed by atoms with Crippen LogP contribution in [0, 0.1) is 0 Å². The predicted molar refractivity (Wildman–Crippen MR) is 132 cm³/mol. The van der Waals surface area contributed by atoms with E-state index in [0.717, 1.165) is 0 Å². The first-order valence-electron chi connectivity index (χ1n) is 9.46. The summed E-state index contributed by atoms with van der Waals surface area (Å²) in [4.78, 5) is 0. The molecule has 0 aromatic rings. The average Bonchev–Trinajstić information content (AvgIpc) is 2.14. The molecule has 0 nitrogen and oxygen atoms in total. The Morgan fingerprint density at radius 3 is 1.21 bits per heavy atom. The van der Waals surface area contributed by atoms with Gasteiger partial charge in [0.25, 0.3) is 0 Å². The van der Waals surface area contributed by atoms with Gasteiger partial charge in [0.15, 0.2) is 0 Å². The van der Waals surface area contributed by atoms with E-state index in [9.17, 15) is 0 Å². The third-order valence-electron chi connectivity index (χ3n) is 4.44. The summed E-state index contributed by atoms with van der Waals surface area (Å²) in [6, 6.07) is 0.